The molecular formula is C12H17ClFN. The van der Waals surface area contributed by atoms with E-state index in [0.717, 1.165) is 24.8 Å². The van der Waals surface area contributed by atoms with E-state index in [0.29, 0.717) is 11.1 Å². The summed E-state index contributed by atoms with van der Waals surface area (Å²) in [6.45, 7) is 2.15. The minimum atomic E-state index is -0.278. The fraction of sp³-hybridized carbons (Fsp3) is 0.500. The molecule has 1 nitrogen and oxygen atoms in total. The zero-order valence-electron chi connectivity index (χ0n) is 9.19. The molecule has 15 heavy (non-hydrogen) atoms. The molecule has 0 aliphatic heterocycles. The van der Waals surface area contributed by atoms with Crippen LogP contribution in [0.4, 0.5) is 4.39 Å². The monoisotopic (exact) mass is 229 g/mol. The van der Waals surface area contributed by atoms with E-state index < -0.39 is 0 Å². The number of halogens is 2. The minimum Gasteiger partial charge on any atom is -0.317 e. The lowest BCUT2D eigenvalue weighted by molar-refractivity contribution is 0.513. The van der Waals surface area contributed by atoms with Crippen molar-refractivity contribution in [2.24, 2.45) is 0 Å². The van der Waals surface area contributed by atoms with Gasteiger partial charge in [-0.3, -0.25) is 0 Å². The topological polar surface area (TPSA) is 12.0 Å². The highest BCUT2D eigenvalue weighted by Crippen LogP contribution is 2.19. The van der Waals surface area contributed by atoms with E-state index >= 15 is 0 Å². The Kier molecular flexibility index (Phi) is 5.06. The summed E-state index contributed by atoms with van der Waals surface area (Å²) in [5.74, 6) is -0.278. The van der Waals surface area contributed by atoms with Crippen LogP contribution in [0, 0.1) is 5.82 Å². The summed E-state index contributed by atoms with van der Waals surface area (Å²) in [4.78, 5) is 0. The SMILES string of the molecule is CCCC(Cc1ccc(F)cc1Cl)NC. The fourth-order valence-corrected chi connectivity index (χ4v) is 1.89. The van der Waals surface area contributed by atoms with Crippen LogP contribution in [0.2, 0.25) is 5.02 Å². The van der Waals surface area contributed by atoms with Crippen LogP contribution in [-0.4, -0.2) is 13.1 Å². The van der Waals surface area contributed by atoms with E-state index in [1.54, 1.807) is 6.07 Å². The molecule has 0 heterocycles. The molecule has 0 radical (unpaired) electrons. The molecule has 0 bridgehead atoms. The summed E-state index contributed by atoms with van der Waals surface area (Å²) < 4.78 is 12.8. The molecule has 1 rings (SSSR count). The third-order valence-corrected chi connectivity index (χ3v) is 2.88. The third-order valence-electron chi connectivity index (χ3n) is 2.53. The van der Waals surface area contributed by atoms with E-state index in [-0.39, 0.29) is 5.82 Å². The second-order valence-corrected chi connectivity index (χ2v) is 4.12. The Hall–Kier alpha value is -0.600. The number of rotatable bonds is 5. The highest BCUT2D eigenvalue weighted by Gasteiger charge is 2.09. The first kappa shape index (κ1) is 12.5. The van der Waals surface area contributed by atoms with Gasteiger partial charge in [-0.05, 0) is 37.6 Å². The summed E-state index contributed by atoms with van der Waals surface area (Å²) in [5, 5.41) is 3.76. The van der Waals surface area contributed by atoms with Crippen LogP contribution in [0.25, 0.3) is 0 Å². The smallest absolute Gasteiger partial charge is 0.124 e. The Morgan fingerprint density at radius 2 is 2.20 bits per heavy atom. The van der Waals surface area contributed by atoms with E-state index in [1.807, 2.05) is 7.05 Å². The zero-order chi connectivity index (χ0) is 11.3. The first-order chi connectivity index (χ1) is 7.17. The first-order valence-corrected chi connectivity index (χ1v) is 5.66. The molecule has 84 valence electrons. The molecular weight excluding hydrogens is 213 g/mol. The predicted molar refractivity (Wildman–Crippen MR) is 62.9 cm³/mol. The molecule has 0 saturated heterocycles. The molecule has 0 amide bonds. The van der Waals surface area contributed by atoms with Gasteiger partial charge in [0, 0.05) is 11.1 Å². The predicted octanol–water partition coefficient (Wildman–Crippen LogP) is 3.41. The second-order valence-electron chi connectivity index (χ2n) is 3.71. The van der Waals surface area contributed by atoms with Crippen molar-refractivity contribution in [1.29, 1.82) is 0 Å². The first-order valence-electron chi connectivity index (χ1n) is 5.28. The van der Waals surface area contributed by atoms with Gasteiger partial charge < -0.3 is 5.32 Å². The molecule has 3 heteroatoms. The molecule has 0 spiro atoms. The van der Waals surface area contributed by atoms with Crippen molar-refractivity contribution >= 4 is 11.6 Å². The number of benzene rings is 1. The largest absolute Gasteiger partial charge is 0.317 e. The maximum absolute atomic E-state index is 12.8. The Morgan fingerprint density at radius 3 is 2.73 bits per heavy atom. The molecule has 1 unspecified atom stereocenters. The number of hydrogen-bond acceptors (Lipinski definition) is 1. The lowest BCUT2D eigenvalue weighted by Gasteiger charge is -2.15. The van der Waals surface area contributed by atoms with Crippen molar-refractivity contribution in [2.75, 3.05) is 7.05 Å². The van der Waals surface area contributed by atoms with Gasteiger partial charge in [-0.2, -0.15) is 0 Å². The van der Waals surface area contributed by atoms with Crippen molar-refractivity contribution in [1.82, 2.24) is 5.32 Å². The van der Waals surface area contributed by atoms with Gasteiger partial charge in [0.15, 0.2) is 0 Å². The lowest BCUT2D eigenvalue weighted by atomic mass is 10.0. The van der Waals surface area contributed by atoms with Gasteiger partial charge in [0.1, 0.15) is 5.82 Å². The molecule has 1 atom stereocenters. The average Bonchev–Trinajstić information content (AvgIpc) is 2.21. The van der Waals surface area contributed by atoms with Gasteiger partial charge in [0.2, 0.25) is 0 Å². The number of nitrogens with one attached hydrogen (secondary N) is 1. The summed E-state index contributed by atoms with van der Waals surface area (Å²) in [6, 6.07) is 5.01. The van der Waals surface area contributed by atoms with E-state index in [4.69, 9.17) is 11.6 Å². The normalized spacial score (nSPS) is 12.8. The molecule has 0 aromatic heterocycles. The Balaban J connectivity index is 2.70. The van der Waals surface area contributed by atoms with Crippen LogP contribution in [-0.2, 0) is 6.42 Å². The summed E-state index contributed by atoms with van der Waals surface area (Å²) in [7, 11) is 1.94. The summed E-state index contributed by atoms with van der Waals surface area (Å²) in [5.41, 5.74) is 1.01. The van der Waals surface area contributed by atoms with Crippen molar-refractivity contribution in [2.45, 2.75) is 32.2 Å². The van der Waals surface area contributed by atoms with Gasteiger partial charge >= 0.3 is 0 Å². The Bertz CT molecular complexity index is 314. The van der Waals surface area contributed by atoms with Gasteiger partial charge in [0.25, 0.3) is 0 Å². The van der Waals surface area contributed by atoms with Crippen molar-refractivity contribution < 1.29 is 4.39 Å². The standard InChI is InChI=1S/C12H17ClFN/c1-3-4-11(15-2)7-9-5-6-10(14)8-12(9)13/h5-6,8,11,15H,3-4,7H2,1-2H3. The third kappa shape index (κ3) is 3.80. The Morgan fingerprint density at radius 1 is 1.47 bits per heavy atom. The molecule has 1 aromatic carbocycles. The van der Waals surface area contributed by atoms with Crippen LogP contribution in [0.3, 0.4) is 0 Å². The maximum atomic E-state index is 12.8. The average molecular weight is 230 g/mol. The van der Waals surface area contributed by atoms with Crippen LogP contribution in [0.15, 0.2) is 18.2 Å². The van der Waals surface area contributed by atoms with Crippen LogP contribution in [0.1, 0.15) is 25.3 Å². The van der Waals surface area contributed by atoms with Crippen molar-refractivity contribution in [3.05, 3.63) is 34.6 Å². The van der Waals surface area contributed by atoms with Crippen LogP contribution >= 0.6 is 11.6 Å². The minimum absolute atomic E-state index is 0.278. The maximum Gasteiger partial charge on any atom is 0.124 e. The van der Waals surface area contributed by atoms with Gasteiger partial charge in [-0.25, -0.2) is 4.39 Å². The summed E-state index contributed by atoms with van der Waals surface area (Å²) in [6.07, 6.45) is 3.08. The van der Waals surface area contributed by atoms with E-state index in [1.165, 1.54) is 12.1 Å². The van der Waals surface area contributed by atoms with Crippen molar-refractivity contribution in [3.8, 4) is 0 Å². The highest BCUT2D eigenvalue weighted by atomic mass is 35.5. The van der Waals surface area contributed by atoms with Gasteiger partial charge in [-0.15, -0.1) is 0 Å². The molecule has 0 aliphatic rings. The molecule has 0 saturated carbocycles. The zero-order valence-corrected chi connectivity index (χ0v) is 9.94. The molecule has 1 aromatic rings. The molecule has 0 fully saturated rings. The number of likely N-dealkylation sites (N-methyl/N-ethyl adjacent to an activating group) is 1. The van der Waals surface area contributed by atoms with E-state index in [2.05, 4.69) is 12.2 Å². The molecule has 1 N–H and O–H groups in total. The van der Waals surface area contributed by atoms with Crippen molar-refractivity contribution in [3.63, 3.8) is 0 Å². The Labute approximate surface area is 95.6 Å². The second kappa shape index (κ2) is 6.09. The van der Waals surface area contributed by atoms with E-state index in [9.17, 15) is 4.39 Å². The van der Waals surface area contributed by atoms with Crippen LogP contribution in [0.5, 0.6) is 0 Å². The van der Waals surface area contributed by atoms with Gasteiger partial charge in [0.05, 0.1) is 0 Å². The lowest BCUT2D eigenvalue weighted by Crippen LogP contribution is -2.27. The van der Waals surface area contributed by atoms with Gasteiger partial charge in [-0.1, -0.05) is 31.0 Å². The fourth-order valence-electron chi connectivity index (χ4n) is 1.65. The van der Waals surface area contributed by atoms with Crippen LogP contribution < -0.4 is 5.32 Å². The number of hydrogen-bond donors (Lipinski definition) is 1. The quantitative estimate of drug-likeness (QED) is 0.816. The molecule has 0 aliphatic carbocycles. The highest BCUT2D eigenvalue weighted by molar-refractivity contribution is 6.31. The summed E-state index contributed by atoms with van der Waals surface area (Å²) >= 11 is 5.96.